The number of hydrogen-bond donors (Lipinski definition) is 2. The minimum Gasteiger partial charge on any atom is -0.334 e. The summed E-state index contributed by atoms with van der Waals surface area (Å²) in [6.45, 7) is 6.31. The van der Waals surface area contributed by atoms with E-state index in [9.17, 15) is 4.79 Å². The molecule has 0 unspecified atom stereocenters. The Labute approximate surface area is 110 Å². The molecule has 0 fully saturated rings. The van der Waals surface area contributed by atoms with Crippen molar-refractivity contribution in [3.05, 3.63) is 23.8 Å². The van der Waals surface area contributed by atoms with Crippen molar-refractivity contribution in [2.45, 2.75) is 32.9 Å². The Morgan fingerprint density at radius 2 is 2.00 bits per heavy atom. The summed E-state index contributed by atoms with van der Waals surface area (Å²) in [6.07, 6.45) is 0. The number of urea groups is 1. The fraction of sp³-hybridized carbons (Fsp3) is 0.417. The first kappa shape index (κ1) is 12.8. The smallest absolute Gasteiger partial charge is 0.315 e. The van der Waals surface area contributed by atoms with Crippen LogP contribution in [0.5, 0.6) is 0 Å². The third-order valence-electron chi connectivity index (χ3n) is 2.26. The standard InChI is InChI=1S/C12H16N4OS/c1-12(2,3)14-11(17)13-7-8-4-5-9-10(6-8)16-18-15-9/h4-6H,7H2,1-3H3,(H2,13,14,17). The van der Waals surface area contributed by atoms with Crippen LogP contribution >= 0.6 is 11.7 Å². The quantitative estimate of drug-likeness (QED) is 0.874. The molecule has 2 amide bonds. The minimum atomic E-state index is -0.229. The predicted molar refractivity (Wildman–Crippen MR) is 72.5 cm³/mol. The Kier molecular flexibility index (Phi) is 3.47. The topological polar surface area (TPSA) is 66.9 Å². The maximum atomic E-state index is 11.6. The number of carbonyl (C=O) groups is 1. The SMILES string of the molecule is CC(C)(C)NC(=O)NCc1ccc2nsnc2c1. The lowest BCUT2D eigenvalue weighted by Crippen LogP contribution is -2.46. The molecule has 96 valence electrons. The van der Waals surface area contributed by atoms with Gasteiger partial charge in [-0.1, -0.05) is 6.07 Å². The molecule has 2 N–H and O–H groups in total. The Balaban J connectivity index is 1.95. The van der Waals surface area contributed by atoms with Crippen molar-refractivity contribution < 1.29 is 4.79 Å². The van der Waals surface area contributed by atoms with Gasteiger partial charge in [0, 0.05) is 12.1 Å². The van der Waals surface area contributed by atoms with Crippen molar-refractivity contribution in [3.8, 4) is 0 Å². The van der Waals surface area contributed by atoms with Crippen molar-refractivity contribution in [1.29, 1.82) is 0 Å². The first-order valence-electron chi connectivity index (χ1n) is 5.71. The third-order valence-corrected chi connectivity index (χ3v) is 2.82. The maximum absolute atomic E-state index is 11.6. The predicted octanol–water partition coefficient (Wildman–Crippen LogP) is 2.29. The molecule has 0 bridgehead atoms. The largest absolute Gasteiger partial charge is 0.334 e. The first-order valence-corrected chi connectivity index (χ1v) is 6.44. The van der Waals surface area contributed by atoms with Crippen LogP contribution in [0.4, 0.5) is 4.79 Å². The maximum Gasteiger partial charge on any atom is 0.315 e. The number of nitrogens with zero attached hydrogens (tertiary/aromatic N) is 2. The number of fused-ring (bicyclic) bond motifs is 1. The monoisotopic (exact) mass is 264 g/mol. The molecule has 1 heterocycles. The van der Waals surface area contributed by atoms with Gasteiger partial charge in [0.05, 0.1) is 11.7 Å². The van der Waals surface area contributed by atoms with Gasteiger partial charge in [0.2, 0.25) is 0 Å². The number of rotatable bonds is 2. The number of aromatic nitrogens is 2. The molecule has 6 heteroatoms. The molecule has 2 aromatic rings. The highest BCUT2D eigenvalue weighted by Crippen LogP contribution is 2.13. The van der Waals surface area contributed by atoms with Gasteiger partial charge in [-0.2, -0.15) is 8.75 Å². The van der Waals surface area contributed by atoms with Crippen LogP contribution < -0.4 is 10.6 Å². The summed E-state index contributed by atoms with van der Waals surface area (Å²) in [4.78, 5) is 11.6. The minimum absolute atomic E-state index is 0.168. The average molecular weight is 264 g/mol. The van der Waals surface area contributed by atoms with Crippen LogP contribution in [-0.4, -0.2) is 20.3 Å². The van der Waals surface area contributed by atoms with Crippen molar-refractivity contribution in [1.82, 2.24) is 19.4 Å². The number of nitrogens with one attached hydrogen (secondary N) is 2. The highest BCUT2D eigenvalue weighted by Gasteiger charge is 2.13. The molecule has 0 aliphatic heterocycles. The van der Waals surface area contributed by atoms with E-state index in [0.29, 0.717) is 6.54 Å². The molecule has 1 aromatic heterocycles. The van der Waals surface area contributed by atoms with Crippen molar-refractivity contribution in [2.75, 3.05) is 0 Å². The van der Waals surface area contributed by atoms with Crippen molar-refractivity contribution in [2.24, 2.45) is 0 Å². The summed E-state index contributed by atoms with van der Waals surface area (Å²) >= 11 is 1.19. The molecule has 0 saturated heterocycles. The van der Waals surface area contributed by atoms with Gasteiger partial charge >= 0.3 is 6.03 Å². The molecular formula is C12H16N4OS. The van der Waals surface area contributed by atoms with E-state index in [2.05, 4.69) is 19.4 Å². The summed E-state index contributed by atoms with van der Waals surface area (Å²) in [5.74, 6) is 0. The van der Waals surface area contributed by atoms with Gasteiger partial charge in [-0.25, -0.2) is 4.79 Å². The Morgan fingerprint density at radius 3 is 2.72 bits per heavy atom. The van der Waals surface area contributed by atoms with Crippen LogP contribution in [-0.2, 0) is 6.54 Å². The van der Waals surface area contributed by atoms with E-state index < -0.39 is 0 Å². The van der Waals surface area contributed by atoms with Gasteiger partial charge in [0.1, 0.15) is 11.0 Å². The molecule has 0 spiro atoms. The average Bonchev–Trinajstić information content (AvgIpc) is 2.71. The second kappa shape index (κ2) is 4.89. The Morgan fingerprint density at radius 1 is 1.28 bits per heavy atom. The fourth-order valence-corrected chi connectivity index (χ4v) is 2.02. The van der Waals surface area contributed by atoms with E-state index in [1.165, 1.54) is 11.7 Å². The zero-order valence-electron chi connectivity index (χ0n) is 10.7. The third kappa shape index (κ3) is 3.40. The second-order valence-electron chi connectivity index (χ2n) is 5.14. The molecule has 0 saturated carbocycles. The normalized spacial score (nSPS) is 11.5. The number of carbonyl (C=O) groups excluding carboxylic acids is 1. The summed E-state index contributed by atoms with van der Waals surface area (Å²) in [5, 5.41) is 5.66. The number of hydrogen-bond acceptors (Lipinski definition) is 4. The van der Waals surface area contributed by atoms with E-state index in [4.69, 9.17) is 0 Å². The van der Waals surface area contributed by atoms with Gasteiger partial charge in [0.25, 0.3) is 0 Å². The lowest BCUT2D eigenvalue weighted by atomic mass is 10.1. The first-order chi connectivity index (χ1) is 8.44. The van der Waals surface area contributed by atoms with E-state index in [-0.39, 0.29) is 11.6 Å². The number of amides is 2. The van der Waals surface area contributed by atoms with Crippen LogP contribution in [0.15, 0.2) is 18.2 Å². The summed E-state index contributed by atoms with van der Waals surface area (Å²) in [5.41, 5.74) is 2.55. The molecule has 0 radical (unpaired) electrons. The zero-order valence-corrected chi connectivity index (χ0v) is 11.5. The fourth-order valence-electron chi connectivity index (χ4n) is 1.50. The van der Waals surface area contributed by atoms with Crippen LogP contribution in [0.1, 0.15) is 26.3 Å². The van der Waals surface area contributed by atoms with Crippen molar-refractivity contribution in [3.63, 3.8) is 0 Å². The Bertz CT molecular complexity index is 558. The second-order valence-corrected chi connectivity index (χ2v) is 5.67. The van der Waals surface area contributed by atoms with Crippen LogP contribution in [0, 0.1) is 0 Å². The molecule has 2 rings (SSSR count). The molecule has 0 aliphatic carbocycles. The van der Waals surface area contributed by atoms with Crippen LogP contribution in [0.3, 0.4) is 0 Å². The summed E-state index contributed by atoms with van der Waals surface area (Å²) < 4.78 is 8.30. The van der Waals surface area contributed by atoms with Gasteiger partial charge in [-0.05, 0) is 38.5 Å². The molecule has 18 heavy (non-hydrogen) atoms. The van der Waals surface area contributed by atoms with Crippen molar-refractivity contribution >= 4 is 28.8 Å². The highest BCUT2D eigenvalue weighted by atomic mass is 32.1. The van der Waals surface area contributed by atoms with Crippen LogP contribution in [0.25, 0.3) is 11.0 Å². The lowest BCUT2D eigenvalue weighted by molar-refractivity contribution is 0.231. The highest BCUT2D eigenvalue weighted by molar-refractivity contribution is 7.00. The van der Waals surface area contributed by atoms with E-state index >= 15 is 0 Å². The lowest BCUT2D eigenvalue weighted by Gasteiger charge is -2.20. The van der Waals surface area contributed by atoms with E-state index in [1.807, 2.05) is 39.0 Å². The Hall–Kier alpha value is -1.69. The van der Waals surface area contributed by atoms with Gasteiger partial charge in [-0.3, -0.25) is 0 Å². The molecule has 0 atom stereocenters. The van der Waals surface area contributed by atoms with Gasteiger partial charge < -0.3 is 10.6 Å². The summed E-state index contributed by atoms with van der Waals surface area (Å²) in [6, 6.07) is 5.63. The van der Waals surface area contributed by atoms with E-state index in [0.717, 1.165) is 16.6 Å². The zero-order chi connectivity index (χ0) is 13.2. The van der Waals surface area contributed by atoms with E-state index in [1.54, 1.807) is 0 Å². The van der Waals surface area contributed by atoms with Gasteiger partial charge in [0.15, 0.2) is 0 Å². The number of benzene rings is 1. The molecular weight excluding hydrogens is 248 g/mol. The van der Waals surface area contributed by atoms with Crippen LogP contribution in [0.2, 0.25) is 0 Å². The van der Waals surface area contributed by atoms with Gasteiger partial charge in [-0.15, -0.1) is 0 Å². The molecule has 0 aliphatic rings. The summed E-state index contributed by atoms with van der Waals surface area (Å²) in [7, 11) is 0. The molecule has 1 aromatic carbocycles. The molecule has 5 nitrogen and oxygen atoms in total.